The second-order valence-electron chi connectivity index (χ2n) is 6.17. The maximum Gasteiger partial charge on any atom is 0.234 e. The Bertz CT molecular complexity index is 937. The molecule has 3 rings (SSSR count). The van der Waals surface area contributed by atoms with Crippen LogP contribution in [-0.2, 0) is 4.79 Å². The Morgan fingerprint density at radius 3 is 2.61 bits per heavy atom. The van der Waals surface area contributed by atoms with E-state index in [1.165, 1.54) is 11.8 Å². The van der Waals surface area contributed by atoms with Crippen LogP contribution in [0.2, 0.25) is 0 Å². The van der Waals surface area contributed by atoms with Gasteiger partial charge < -0.3 is 14.5 Å². The Morgan fingerprint density at radius 2 is 2.00 bits per heavy atom. The van der Waals surface area contributed by atoms with E-state index in [4.69, 9.17) is 9.15 Å². The largest absolute Gasteiger partial charge is 0.494 e. The Labute approximate surface area is 176 Å². The molecule has 0 bridgehead atoms. The molecule has 1 amide bonds. The highest BCUT2D eigenvalue weighted by Gasteiger charge is 2.20. The Balaban J connectivity index is 1.65. The van der Waals surface area contributed by atoms with Crippen molar-refractivity contribution in [3.05, 3.63) is 41.1 Å². The van der Waals surface area contributed by atoms with Crippen LogP contribution in [0.5, 0.6) is 5.75 Å². The number of furan rings is 1. The Morgan fingerprint density at radius 1 is 1.25 bits per heavy atom. The number of anilines is 1. The van der Waals surface area contributed by atoms with Gasteiger partial charge in [0.05, 0.1) is 12.4 Å². The van der Waals surface area contributed by atoms with Crippen LogP contribution in [-0.4, -0.2) is 33.0 Å². The number of halogens is 1. The minimum Gasteiger partial charge on any atom is -0.494 e. The number of carbonyl (C=O) groups is 1. The molecule has 1 N–H and O–H groups in total. The van der Waals surface area contributed by atoms with Crippen LogP contribution >= 0.6 is 27.7 Å². The van der Waals surface area contributed by atoms with Crippen LogP contribution in [0.1, 0.15) is 26.8 Å². The first kappa shape index (κ1) is 20.5. The van der Waals surface area contributed by atoms with Crippen LogP contribution < -0.4 is 10.1 Å². The number of rotatable bonds is 8. The van der Waals surface area contributed by atoms with Crippen molar-refractivity contribution in [3.8, 4) is 17.3 Å². The highest BCUT2D eigenvalue weighted by molar-refractivity contribution is 9.10. The van der Waals surface area contributed by atoms with Gasteiger partial charge in [0.15, 0.2) is 15.6 Å². The molecule has 0 radical (unpaired) electrons. The number of thioether (sulfide) groups is 1. The molecule has 9 heteroatoms. The van der Waals surface area contributed by atoms with Gasteiger partial charge in [-0.3, -0.25) is 9.36 Å². The topological polar surface area (TPSA) is 82.2 Å². The normalized spacial score (nSPS) is 11.0. The zero-order valence-electron chi connectivity index (χ0n) is 15.8. The number of hydrogen-bond acceptors (Lipinski definition) is 6. The molecule has 3 aromatic rings. The van der Waals surface area contributed by atoms with Crippen molar-refractivity contribution in [3.63, 3.8) is 0 Å². The molecule has 0 unspecified atom stereocenters. The van der Waals surface area contributed by atoms with Crippen molar-refractivity contribution < 1.29 is 13.9 Å². The van der Waals surface area contributed by atoms with Gasteiger partial charge in [0.1, 0.15) is 5.75 Å². The first-order valence-corrected chi connectivity index (χ1v) is 10.6. The SMILES string of the molecule is CCOc1ccc(NC(=O)CSc2nnc(-c3ccc(Br)o3)n2C(C)C)cc1. The molecule has 7 nitrogen and oxygen atoms in total. The van der Waals surface area contributed by atoms with Crippen molar-refractivity contribution >= 4 is 39.3 Å². The summed E-state index contributed by atoms with van der Waals surface area (Å²) in [5.41, 5.74) is 0.723. The summed E-state index contributed by atoms with van der Waals surface area (Å²) in [6.07, 6.45) is 0. The molecule has 0 saturated carbocycles. The molecular formula is C19H21BrN4O3S. The third-order valence-corrected chi connectivity index (χ3v) is 5.13. The van der Waals surface area contributed by atoms with Gasteiger partial charge in [0.2, 0.25) is 11.7 Å². The summed E-state index contributed by atoms with van der Waals surface area (Å²) in [6.45, 7) is 6.61. The molecule has 0 atom stereocenters. The van der Waals surface area contributed by atoms with Crippen molar-refractivity contribution in [2.24, 2.45) is 0 Å². The summed E-state index contributed by atoms with van der Waals surface area (Å²) in [5.74, 6) is 2.14. The zero-order valence-corrected chi connectivity index (χ0v) is 18.2. The van der Waals surface area contributed by atoms with Crippen LogP contribution in [0.3, 0.4) is 0 Å². The fraction of sp³-hybridized carbons (Fsp3) is 0.316. The maximum atomic E-state index is 12.3. The Kier molecular flexibility index (Phi) is 6.79. The predicted molar refractivity (Wildman–Crippen MR) is 113 cm³/mol. The lowest BCUT2D eigenvalue weighted by Crippen LogP contribution is -2.15. The number of hydrogen-bond donors (Lipinski definition) is 1. The molecular weight excluding hydrogens is 444 g/mol. The fourth-order valence-corrected chi connectivity index (χ4v) is 3.75. The molecule has 0 fully saturated rings. The molecule has 2 heterocycles. The number of amides is 1. The smallest absolute Gasteiger partial charge is 0.234 e. The molecule has 0 aliphatic rings. The van der Waals surface area contributed by atoms with Gasteiger partial charge in [0, 0.05) is 11.7 Å². The minimum atomic E-state index is -0.116. The lowest BCUT2D eigenvalue weighted by molar-refractivity contribution is -0.113. The van der Waals surface area contributed by atoms with E-state index in [1.807, 2.05) is 61.7 Å². The summed E-state index contributed by atoms with van der Waals surface area (Å²) in [5, 5.41) is 12.0. The third kappa shape index (κ3) is 4.96. The molecule has 2 aromatic heterocycles. The van der Waals surface area contributed by atoms with E-state index in [2.05, 4.69) is 31.4 Å². The molecule has 28 heavy (non-hydrogen) atoms. The van der Waals surface area contributed by atoms with Gasteiger partial charge in [0.25, 0.3) is 0 Å². The van der Waals surface area contributed by atoms with Gasteiger partial charge in [-0.15, -0.1) is 10.2 Å². The highest BCUT2D eigenvalue weighted by Crippen LogP contribution is 2.30. The minimum absolute atomic E-state index is 0.116. The summed E-state index contributed by atoms with van der Waals surface area (Å²) in [6, 6.07) is 11.1. The fourth-order valence-electron chi connectivity index (χ4n) is 2.57. The molecule has 0 aliphatic carbocycles. The second kappa shape index (κ2) is 9.29. The quantitative estimate of drug-likeness (QED) is 0.471. The third-order valence-electron chi connectivity index (χ3n) is 3.76. The number of benzene rings is 1. The van der Waals surface area contributed by atoms with E-state index in [0.717, 1.165) is 11.4 Å². The van der Waals surface area contributed by atoms with Crippen molar-refractivity contribution in [2.75, 3.05) is 17.7 Å². The summed E-state index contributed by atoms with van der Waals surface area (Å²) >= 11 is 4.64. The van der Waals surface area contributed by atoms with Crippen molar-refractivity contribution in [2.45, 2.75) is 32.0 Å². The summed E-state index contributed by atoms with van der Waals surface area (Å²) < 4.78 is 13.6. The van der Waals surface area contributed by atoms with E-state index >= 15 is 0 Å². The van der Waals surface area contributed by atoms with Gasteiger partial charge in [-0.25, -0.2) is 0 Å². The predicted octanol–water partition coefficient (Wildman–Crippen LogP) is 5.01. The zero-order chi connectivity index (χ0) is 20.1. The van der Waals surface area contributed by atoms with Crippen LogP contribution in [0.15, 0.2) is 50.6 Å². The van der Waals surface area contributed by atoms with Crippen LogP contribution in [0.25, 0.3) is 11.6 Å². The maximum absolute atomic E-state index is 12.3. The average Bonchev–Trinajstić information content (AvgIpc) is 3.28. The number of aromatic nitrogens is 3. The summed E-state index contributed by atoms with van der Waals surface area (Å²) in [4.78, 5) is 12.3. The first-order chi connectivity index (χ1) is 13.5. The van der Waals surface area contributed by atoms with Crippen LogP contribution in [0.4, 0.5) is 5.69 Å². The van der Waals surface area contributed by atoms with Gasteiger partial charge in [-0.05, 0) is 73.1 Å². The van der Waals surface area contributed by atoms with E-state index in [0.29, 0.717) is 28.0 Å². The van der Waals surface area contributed by atoms with E-state index < -0.39 is 0 Å². The van der Waals surface area contributed by atoms with Crippen LogP contribution in [0, 0.1) is 0 Å². The lowest BCUT2D eigenvalue weighted by Gasteiger charge is -2.12. The summed E-state index contributed by atoms with van der Waals surface area (Å²) in [7, 11) is 0. The van der Waals surface area contributed by atoms with Gasteiger partial charge in [-0.1, -0.05) is 11.8 Å². The van der Waals surface area contributed by atoms with Crippen molar-refractivity contribution in [1.82, 2.24) is 14.8 Å². The molecule has 0 spiro atoms. The van der Waals surface area contributed by atoms with Crippen molar-refractivity contribution in [1.29, 1.82) is 0 Å². The number of carbonyl (C=O) groups excluding carboxylic acids is 1. The molecule has 1 aromatic carbocycles. The highest BCUT2D eigenvalue weighted by atomic mass is 79.9. The first-order valence-electron chi connectivity index (χ1n) is 8.84. The number of nitrogens with zero attached hydrogens (tertiary/aromatic N) is 3. The average molecular weight is 465 g/mol. The monoisotopic (exact) mass is 464 g/mol. The second-order valence-corrected chi connectivity index (χ2v) is 7.89. The Hall–Kier alpha value is -2.26. The van der Waals surface area contributed by atoms with E-state index in [9.17, 15) is 4.79 Å². The van der Waals surface area contributed by atoms with Gasteiger partial charge in [-0.2, -0.15) is 0 Å². The van der Waals surface area contributed by atoms with E-state index in [-0.39, 0.29) is 17.7 Å². The van der Waals surface area contributed by atoms with Gasteiger partial charge >= 0.3 is 0 Å². The lowest BCUT2D eigenvalue weighted by atomic mass is 10.3. The molecule has 0 aliphatic heterocycles. The number of nitrogens with one attached hydrogen (secondary N) is 1. The molecule has 0 saturated heterocycles. The molecule has 148 valence electrons. The standard InChI is InChI=1S/C19H21BrN4O3S/c1-4-26-14-7-5-13(6-8-14)21-17(25)11-28-19-23-22-18(24(19)12(2)3)15-9-10-16(20)27-15/h5-10,12H,4,11H2,1-3H3,(H,21,25). The number of ether oxygens (including phenoxy) is 1. The van der Waals surface area contributed by atoms with E-state index in [1.54, 1.807) is 0 Å².